The Morgan fingerprint density at radius 3 is 2.95 bits per heavy atom. The van der Waals surface area contributed by atoms with E-state index in [1.54, 1.807) is 35.3 Å². The summed E-state index contributed by atoms with van der Waals surface area (Å²) in [5.41, 5.74) is 0.981. The van der Waals surface area contributed by atoms with Crippen molar-refractivity contribution in [3.05, 3.63) is 52.6 Å². The van der Waals surface area contributed by atoms with Crippen molar-refractivity contribution in [2.24, 2.45) is 0 Å². The van der Waals surface area contributed by atoms with E-state index < -0.39 is 5.60 Å². The van der Waals surface area contributed by atoms with Crippen molar-refractivity contribution in [1.82, 2.24) is 9.55 Å². The van der Waals surface area contributed by atoms with Crippen LogP contribution in [0.15, 0.2) is 30.7 Å². The quantitative estimate of drug-likeness (QED) is 0.866. The summed E-state index contributed by atoms with van der Waals surface area (Å²) < 4.78 is 7.37. The summed E-state index contributed by atoms with van der Waals surface area (Å²) in [4.78, 5) is 16.2. The number of aliphatic hydroxyl groups is 1. The summed E-state index contributed by atoms with van der Waals surface area (Å²) in [7, 11) is 0. The number of carbonyl (C=O) groups excluding carboxylic acids is 1. The number of imidazole rings is 1. The van der Waals surface area contributed by atoms with Gasteiger partial charge in [0.05, 0.1) is 30.4 Å². The largest absolute Gasteiger partial charge is 0.453 e. The number of cyclic esters (lactones) is 1. The van der Waals surface area contributed by atoms with E-state index >= 15 is 0 Å². The van der Waals surface area contributed by atoms with Crippen molar-refractivity contribution in [2.45, 2.75) is 32.1 Å². The zero-order valence-electron chi connectivity index (χ0n) is 11.7. The fourth-order valence-electron chi connectivity index (χ4n) is 2.85. The van der Waals surface area contributed by atoms with Crippen molar-refractivity contribution in [3.63, 3.8) is 0 Å². The molecule has 0 saturated carbocycles. The maximum Gasteiger partial charge on any atom is 0.339 e. The van der Waals surface area contributed by atoms with Gasteiger partial charge in [-0.05, 0) is 26.0 Å². The maximum absolute atomic E-state index is 12.2. The van der Waals surface area contributed by atoms with Crippen LogP contribution in [-0.2, 0) is 11.3 Å². The van der Waals surface area contributed by atoms with Crippen LogP contribution < -0.4 is 0 Å². The predicted molar refractivity (Wildman–Crippen MR) is 77.2 cm³/mol. The molecule has 1 atom stereocenters. The average molecular weight is 307 g/mol. The monoisotopic (exact) mass is 306 g/mol. The minimum atomic E-state index is -0.806. The molecule has 21 heavy (non-hydrogen) atoms. The van der Waals surface area contributed by atoms with Crippen molar-refractivity contribution >= 4 is 17.6 Å². The molecular formula is C15H15ClN2O3. The summed E-state index contributed by atoms with van der Waals surface area (Å²) in [6.45, 7) is 3.49. The molecule has 2 heterocycles. The number of ether oxygens (including phenoxy) is 1. The zero-order valence-corrected chi connectivity index (χ0v) is 12.5. The smallest absolute Gasteiger partial charge is 0.339 e. The van der Waals surface area contributed by atoms with Crippen LogP contribution in [0.2, 0.25) is 5.02 Å². The van der Waals surface area contributed by atoms with Gasteiger partial charge < -0.3 is 14.4 Å². The Morgan fingerprint density at radius 2 is 2.24 bits per heavy atom. The van der Waals surface area contributed by atoms with E-state index in [1.807, 2.05) is 13.8 Å². The molecule has 0 unspecified atom stereocenters. The van der Waals surface area contributed by atoms with Gasteiger partial charge in [0.15, 0.2) is 0 Å². The van der Waals surface area contributed by atoms with Crippen molar-refractivity contribution < 1.29 is 14.6 Å². The molecule has 1 aromatic carbocycles. The number of fused-ring (bicyclic) bond motifs is 1. The molecule has 2 aromatic rings. The molecule has 0 radical (unpaired) electrons. The summed E-state index contributed by atoms with van der Waals surface area (Å²) >= 11 is 6.34. The van der Waals surface area contributed by atoms with Gasteiger partial charge in [-0.1, -0.05) is 17.7 Å². The Morgan fingerprint density at radius 1 is 1.48 bits per heavy atom. The minimum absolute atomic E-state index is 0.152. The van der Waals surface area contributed by atoms with Gasteiger partial charge >= 0.3 is 5.97 Å². The fraction of sp³-hybridized carbons (Fsp3) is 0.333. The van der Waals surface area contributed by atoms with E-state index in [-0.39, 0.29) is 18.6 Å². The lowest BCUT2D eigenvalue weighted by Gasteiger charge is -2.40. The Balaban J connectivity index is 2.28. The number of benzene rings is 1. The standard InChI is InChI=1S/C15H15ClN2O3/c1-15(2)13(18-8-17-6-9(18)7-19)12-10(14(20)21-15)4-3-5-11(12)16/h3-6,8,13,19H,7H2,1-2H3/t13-/m0/s1. The summed E-state index contributed by atoms with van der Waals surface area (Å²) in [5.74, 6) is -0.389. The average Bonchev–Trinajstić information content (AvgIpc) is 2.87. The van der Waals surface area contributed by atoms with Crippen molar-refractivity contribution in [1.29, 1.82) is 0 Å². The van der Waals surface area contributed by atoms with Gasteiger partial charge in [-0.15, -0.1) is 0 Å². The van der Waals surface area contributed by atoms with Crippen LogP contribution in [0.3, 0.4) is 0 Å². The molecule has 1 aliphatic rings. The van der Waals surface area contributed by atoms with Gasteiger partial charge in [0.1, 0.15) is 11.6 Å². The first-order valence-corrected chi connectivity index (χ1v) is 6.97. The summed E-state index contributed by atoms with van der Waals surface area (Å²) in [6, 6.07) is 4.82. The summed E-state index contributed by atoms with van der Waals surface area (Å²) in [5, 5.41) is 9.98. The van der Waals surface area contributed by atoms with Gasteiger partial charge in [0.2, 0.25) is 0 Å². The van der Waals surface area contributed by atoms with Crippen molar-refractivity contribution in [2.75, 3.05) is 0 Å². The lowest BCUT2D eigenvalue weighted by Crippen LogP contribution is -2.44. The second-order valence-corrected chi connectivity index (χ2v) is 5.95. The molecule has 5 nitrogen and oxygen atoms in total. The molecule has 1 aromatic heterocycles. The van der Waals surface area contributed by atoms with Crippen molar-refractivity contribution in [3.8, 4) is 0 Å². The second kappa shape index (κ2) is 4.86. The number of esters is 1. The fourth-order valence-corrected chi connectivity index (χ4v) is 3.13. The van der Waals surface area contributed by atoms with Gasteiger partial charge in [0, 0.05) is 10.6 Å². The molecule has 1 N–H and O–H groups in total. The highest BCUT2D eigenvalue weighted by Crippen LogP contribution is 2.43. The number of nitrogens with zero attached hydrogens (tertiary/aromatic N) is 2. The van der Waals surface area contributed by atoms with Crippen LogP contribution in [0.4, 0.5) is 0 Å². The number of rotatable bonds is 2. The second-order valence-electron chi connectivity index (χ2n) is 5.55. The lowest BCUT2D eigenvalue weighted by atomic mass is 9.85. The van der Waals surface area contributed by atoms with Gasteiger partial charge in [-0.3, -0.25) is 0 Å². The third-order valence-electron chi connectivity index (χ3n) is 3.75. The van der Waals surface area contributed by atoms with Crippen LogP contribution in [-0.4, -0.2) is 26.2 Å². The number of hydrogen-bond acceptors (Lipinski definition) is 4. The Kier molecular flexibility index (Phi) is 3.26. The van der Waals surface area contributed by atoms with Gasteiger partial charge in [0.25, 0.3) is 0 Å². The van der Waals surface area contributed by atoms with Crippen LogP contribution in [0, 0.1) is 0 Å². The molecule has 0 spiro atoms. The van der Waals surface area contributed by atoms with E-state index in [0.29, 0.717) is 21.8 Å². The Bertz CT molecular complexity index is 709. The molecule has 6 heteroatoms. The third kappa shape index (κ3) is 2.13. The normalized spacial score (nSPS) is 20.0. The first-order chi connectivity index (χ1) is 9.95. The molecule has 0 bridgehead atoms. The molecule has 110 valence electrons. The number of aromatic nitrogens is 2. The van der Waals surface area contributed by atoms with E-state index in [9.17, 15) is 9.90 Å². The molecule has 0 aliphatic carbocycles. The Labute approximate surface area is 127 Å². The minimum Gasteiger partial charge on any atom is -0.453 e. The lowest BCUT2D eigenvalue weighted by molar-refractivity contribution is -0.0269. The van der Waals surface area contributed by atoms with Crippen LogP contribution in [0.5, 0.6) is 0 Å². The van der Waals surface area contributed by atoms with E-state index in [4.69, 9.17) is 16.3 Å². The zero-order chi connectivity index (χ0) is 15.2. The highest BCUT2D eigenvalue weighted by atomic mass is 35.5. The first-order valence-electron chi connectivity index (χ1n) is 6.59. The topological polar surface area (TPSA) is 64.4 Å². The van der Waals surface area contributed by atoms with E-state index in [1.165, 1.54) is 0 Å². The van der Waals surface area contributed by atoms with Gasteiger partial charge in [-0.25, -0.2) is 9.78 Å². The van der Waals surface area contributed by atoms with Crippen LogP contribution >= 0.6 is 11.6 Å². The number of hydrogen-bond donors (Lipinski definition) is 1. The SMILES string of the molecule is CC1(C)OC(=O)c2cccc(Cl)c2[C@@H]1n1cncc1CO. The molecule has 0 amide bonds. The van der Waals surface area contributed by atoms with Crippen LogP contribution in [0.25, 0.3) is 0 Å². The third-order valence-corrected chi connectivity index (χ3v) is 4.08. The number of halogens is 1. The highest BCUT2D eigenvalue weighted by molar-refractivity contribution is 6.32. The highest BCUT2D eigenvalue weighted by Gasteiger charge is 2.44. The van der Waals surface area contributed by atoms with Gasteiger partial charge in [-0.2, -0.15) is 0 Å². The molecule has 0 saturated heterocycles. The molecule has 3 rings (SSSR count). The molecular weight excluding hydrogens is 292 g/mol. The van der Waals surface area contributed by atoms with E-state index in [0.717, 1.165) is 0 Å². The Hall–Kier alpha value is -1.85. The first kappa shape index (κ1) is 14.1. The van der Waals surface area contributed by atoms with E-state index in [2.05, 4.69) is 4.98 Å². The molecule has 1 aliphatic heterocycles. The maximum atomic E-state index is 12.2. The predicted octanol–water partition coefficient (Wildman–Crippen LogP) is 2.57. The number of aliphatic hydroxyl groups excluding tert-OH is 1. The van der Waals surface area contributed by atoms with Crippen LogP contribution in [0.1, 0.15) is 41.5 Å². The molecule has 0 fully saturated rings. The summed E-state index contributed by atoms with van der Waals surface area (Å²) in [6.07, 6.45) is 3.20. The number of carbonyl (C=O) groups is 1.